The highest BCUT2D eigenvalue weighted by Gasteiger charge is 2.16. The molecule has 0 aliphatic carbocycles. The van der Waals surface area contributed by atoms with Crippen LogP contribution < -0.4 is 15.4 Å². The summed E-state index contributed by atoms with van der Waals surface area (Å²) in [6, 6.07) is 7.21. The van der Waals surface area contributed by atoms with Crippen molar-refractivity contribution in [1.82, 2.24) is 15.5 Å². The van der Waals surface area contributed by atoms with Gasteiger partial charge >= 0.3 is 0 Å². The predicted octanol–water partition coefficient (Wildman–Crippen LogP) is 1.95. The van der Waals surface area contributed by atoms with Gasteiger partial charge in [0.2, 0.25) is 11.8 Å². The molecule has 2 heterocycles. The number of anilines is 1. The van der Waals surface area contributed by atoms with Crippen molar-refractivity contribution in [1.29, 1.82) is 0 Å². The van der Waals surface area contributed by atoms with Crippen LogP contribution in [0.3, 0.4) is 0 Å². The molecule has 0 saturated carbocycles. The molecule has 1 fully saturated rings. The number of aromatic nitrogens is 2. The van der Waals surface area contributed by atoms with Crippen molar-refractivity contribution in [3.8, 4) is 5.75 Å². The molecular weight excluding hydrogens is 360 g/mol. The highest BCUT2D eigenvalue weighted by molar-refractivity contribution is 5.93. The predicted molar refractivity (Wildman–Crippen MR) is 97.6 cm³/mol. The second-order valence-corrected chi connectivity index (χ2v) is 5.80. The van der Waals surface area contributed by atoms with E-state index < -0.39 is 0 Å². The topological polar surface area (TPSA) is 98.5 Å². The SMILES string of the molecule is COc1ccccc1NC(=O)Cc1noc(CNCC2CCCO2)n1.Cl. The van der Waals surface area contributed by atoms with Gasteiger partial charge in [0.25, 0.3) is 0 Å². The first-order chi connectivity index (χ1) is 12.2. The zero-order valence-corrected chi connectivity index (χ0v) is 15.4. The largest absolute Gasteiger partial charge is 0.495 e. The number of benzene rings is 1. The van der Waals surface area contributed by atoms with Gasteiger partial charge in [-0.15, -0.1) is 12.4 Å². The van der Waals surface area contributed by atoms with Gasteiger partial charge in [-0.25, -0.2) is 0 Å². The Labute approximate surface area is 158 Å². The molecule has 1 aromatic carbocycles. The quantitative estimate of drug-likeness (QED) is 0.719. The number of hydrogen-bond donors (Lipinski definition) is 2. The Morgan fingerprint density at radius 2 is 2.23 bits per heavy atom. The average molecular weight is 383 g/mol. The molecule has 9 heteroatoms. The zero-order chi connectivity index (χ0) is 17.5. The lowest BCUT2D eigenvalue weighted by molar-refractivity contribution is -0.115. The molecule has 0 bridgehead atoms. The van der Waals surface area contributed by atoms with Gasteiger partial charge in [-0.3, -0.25) is 4.79 Å². The monoisotopic (exact) mass is 382 g/mol. The van der Waals surface area contributed by atoms with Crippen LogP contribution in [0.4, 0.5) is 5.69 Å². The third-order valence-corrected chi connectivity index (χ3v) is 3.88. The number of carbonyl (C=O) groups is 1. The molecule has 0 radical (unpaired) electrons. The minimum Gasteiger partial charge on any atom is -0.495 e. The maximum atomic E-state index is 12.1. The van der Waals surface area contributed by atoms with Gasteiger partial charge < -0.3 is 24.6 Å². The molecule has 142 valence electrons. The van der Waals surface area contributed by atoms with E-state index >= 15 is 0 Å². The van der Waals surface area contributed by atoms with Crippen LogP contribution >= 0.6 is 12.4 Å². The molecule has 1 amide bonds. The number of carbonyl (C=O) groups excluding carboxylic acids is 1. The number of amides is 1. The fourth-order valence-corrected chi connectivity index (χ4v) is 2.67. The first-order valence-electron chi connectivity index (χ1n) is 8.31. The van der Waals surface area contributed by atoms with Gasteiger partial charge in [-0.05, 0) is 25.0 Å². The Balaban J connectivity index is 0.00000243. The third-order valence-electron chi connectivity index (χ3n) is 3.88. The molecule has 0 spiro atoms. The molecule has 1 aliphatic rings. The summed E-state index contributed by atoms with van der Waals surface area (Å²) < 4.78 is 15.9. The van der Waals surface area contributed by atoms with E-state index in [1.165, 1.54) is 0 Å². The van der Waals surface area contributed by atoms with E-state index in [0.29, 0.717) is 29.7 Å². The summed E-state index contributed by atoms with van der Waals surface area (Å²) in [6.45, 7) is 2.05. The molecule has 1 unspecified atom stereocenters. The number of rotatable bonds is 8. The zero-order valence-electron chi connectivity index (χ0n) is 14.6. The lowest BCUT2D eigenvalue weighted by Crippen LogP contribution is -2.25. The Kier molecular flexibility index (Phi) is 7.83. The summed E-state index contributed by atoms with van der Waals surface area (Å²) in [5.41, 5.74) is 0.608. The molecule has 1 aromatic heterocycles. The third kappa shape index (κ3) is 5.69. The molecule has 1 atom stereocenters. The van der Waals surface area contributed by atoms with Crippen LogP contribution in [-0.2, 0) is 22.5 Å². The Morgan fingerprint density at radius 3 is 3.00 bits per heavy atom. The van der Waals surface area contributed by atoms with E-state index in [4.69, 9.17) is 14.0 Å². The van der Waals surface area contributed by atoms with E-state index in [1.54, 1.807) is 19.2 Å². The second-order valence-electron chi connectivity index (χ2n) is 5.80. The molecule has 3 rings (SSSR count). The van der Waals surface area contributed by atoms with Gasteiger partial charge in [-0.1, -0.05) is 17.3 Å². The first kappa shape index (κ1) is 20.2. The Hall–Kier alpha value is -2.16. The lowest BCUT2D eigenvalue weighted by Gasteiger charge is -2.08. The number of para-hydroxylation sites is 2. The summed E-state index contributed by atoms with van der Waals surface area (Å²) >= 11 is 0. The summed E-state index contributed by atoms with van der Waals surface area (Å²) in [4.78, 5) is 16.4. The average Bonchev–Trinajstić information content (AvgIpc) is 3.27. The number of ether oxygens (including phenoxy) is 2. The number of nitrogens with zero attached hydrogens (tertiary/aromatic N) is 2. The molecule has 1 saturated heterocycles. The summed E-state index contributed by atoms with van der Waals surface area (Å²) in [6.07, 6.45) is 2.48. The molecule has 2 N–H and O–H groups in total. The Morgan fingerprint density at radius 1 is 1.38 bits per heavy atom. The number of methoxy groups -OCH3 is 1. The van der Waals surface area contributed by atoms with Gasteiger partial charge in [0.15, 0.2) is 5.82 Å². The second kappa shape index (κ2) is 10.1. The normalized spacial score (nSPS) is 16.1. The van der Waals surface area contributed by atoms with E-state index in [0.717, 1.165) is 26.0 Å². The van der Waals surface area contributed by atoms with Crippen molar-refractivity contribution in [3.63, 3.8) is 0 Å². The lowest BCUT2D eigenvalue weighted by atomic mass is 10.2. The standard InChI is InChI=1S/C17H22N4O4.ClH/c1-23-14-7-3-2-6-13(14)19-16(22)9-15-20-17(25-21-15)11-18-10-12-5-4-8-24-12;/h2-3,6-7,12,18H,4-5,8-11H2,1H3,(H,19,22);1H. The van der Waals surface area contributed by atoms with Gasteiger partial charge in [0.05, 0.1) is 31.9 Å². The fraction of sp³-hybridized carbons (Fsp3) is 0.471. The fourth-order valence-electron chi connectivity index (χ4n) is 2.67. The molecular formula is C17H23ClN4O4. The molecule has 8 nitrogen and oxygen atoms in total. The molecule has 2 aromatic rings. The van der Waals surface area contributed by atoms with Gasteiger partial charge in [0.1, 0.15) is 5.75 Å². The highest BCUT2D eigenvalue weighted by atomic mass is 35.5. The van der Waals surface area contributed by atoms with Crippen LogP contribution in [0.2, 0.25) is 0 Å². The van der Waals surface area contributed by atoms with Crippen molar-refractivity contribution >= 4 is 24.0 Å². The van der Waals surface area contributed by atoms with Crippen LogP contribution in [0, 0.1) is 0 Å². The van der Waals surface area contributed by atoms with Crippen molar-refractivity contribution in [2.45, 2.75) is 31.9 Å². The molecule has 1 aliphatic heterocycles. The summed E-state index contributed by atoms with van der Waals surface area (Å²) in [7, 11) is 1.56. The van der Waals surface area contributed by atoms with E-state index in [1.807, 2.05) is 12.1 Å². The van der Waals surface area contributed by atoms with Crippen LogP contribution in [0.5, 0.6) is 5.75 Å². The molecule has 26 heavy (non-hydrogen) atoms. The van der Waals surface area contributed by atoms with Crippen molar-refractivity contribution in [2.75, 3.05) is 25.6 Å². The highest BCUT2D eigenvalue weighted by Crippen LogP contribution is 2.23. The van der Waals surface area contributed by atoms with Gasteiger partial charge in [0, 0.05) is 13.2 Å². The summed E-state index contributed by atoms with van der Waals surface area (Å²) in [5.74, 6) is 1.17. The van der Waals surface area contributed by atoms with E-state index in [-0.39, 0.29) is 30.8 Å². The van der Waals surface area contributed by atoms with Crippen LogP contribution in [0.15, 0.2) is 28.8 Å². The maximum absolute atomic E-state index is 12.1. The first-order valence-corrected chi connectivity index (χ1v) is 8.31. The summed E-state index contributed by atoms with van der Waals surface area (Å²) in [5, 5.41) is 9.85. The smallest absolute Gasteiger partial charge is 0.240 e. The minimum atomic E-state index is -0.232. The Bertz CT molecular complexity index is 704. The number of halogens is 1. The van der Waals surface area contributed by atoms with Gasteiger partial charge in [-0.2, -0.15) is 4.98 Å². The minimum absolute atomic E-state index is 0. The van der Waals surface area contributed by atoms with Crippen molar-refractivity contribution < 1.29 is 18.8 Å². The number of nitrogens with one attached hydrogen (secondary N) is 2. The van der Waals surface area contributed by atoms with Crippen LogP contribution in [-0.4, -0.2) is 42.4 Å². The van der Waals surface area contributed by atoms with Crippen LogP contribution in [0.25, 0.3) is 0 Å². The van der Waals surface area contributed by atoms with E-state index in [9.17, 15) is 4.79 Å². The number of hydrogen-bond acceptors (Lipinski definition) is 7. The maximum Gasteiger partial charge on any atom is 0.240 e. The van der Waals surface area contributed by atoms with Crippen LogP contribution in [0.1, 0.15) is 24.6 Å². The van der Waals surface area contributed by atoms with Crippen molar-refractivity contribution in [3.05, 3.63) is 36.0 Å². The van der Waals surface area contributed by atoms with Crippen molar-refractivity contribution in [2.24, 2.45) is 0 Å². The van der Waals surface area contributed by atoms with E-state index in [2.05, 4.69) is 20.8 Å².